The molecule has 158 valence electrons. The highest BCUT2D eigenvalue weighted by molar-refractivity contribution is 7.08. The van der Waals surface area contributed by atoms with E-state index in [2.05, 4.69) is 15.1 Å². The minimum absolute atomic E-state index is 0.0439. The molecular weight excluding hydrogens is 419 g/mol. The van der Waals surface area contributed by atoms with Crippen LogP contribution in [0.25, 0.3) is 11.3 Å². The van der Waals surface area contributed by atoms with Crippen molar-refractivity contribution in [3.05, 3.63) is 56.5 Å². The number of thiophene rings is 1. The van der Waals surface area contributed by atoms with Crippen LogP contribution in [0.1, 0.15) is 40.8 Å². The fourth-order valence-corrected chi connectivity index (χ4v) is 4.20. The van der Waals surface area contributed by atoms with Gasteiger partial charge in [-0.05, 0) is 24.3 Å². The van der Waals surface area contributed by atoms with Crippen molar-refractivity contribution >= 4 is 17.2 Å². The Morgan fingerprint density at radius 1 is 1.27 bits per heavy atom. The summed E-state index contributed by atoms with van der Waals surface area (Å²) in [5.74, 6) is 0.0284. The van der Waals surface area contributed by atoms with Gasteiger partial charge in [-0.3, -0.25) is 14.3 Å². The lowest BCUT2D eigenvalue weighted by Gasteiger charge is -2.31. The first kappa shape index (κ1) is 20.3. The number of likely N-dealkylation sites (tertiary alicyclic amines) is 1. The van der Waals surface area contributed by atoms with Crippen molar-refractivity contribution < 1.29 is 18.0 Å². The third kappa shape index (κ3) is 4.02. The second-order valence-corrected chi connectivity index (χ2v) is 7.91. The molecule has 0 saturated carbocycles. The maximum absolute atomic E-state index is 12.9. The summed E-state index contributed by atoms with van der Waals surface area (Å²) < 4.78 is 39.5. The first-order valence-corrected chi connectivity index (χ1v) is 10.2. The summed E-state index contributed by atoms with van der Waals surface area (Å²) in [4.78, 5) is 33.6. The van der Waals surface area contributed by atoms with E-state index in [-0.39, 0.29) is 17.2 Å². The van der Waals surface area contributed by atoms with E-state index >= 15 is 0 Å². The van der Waals surface area contributed by atoms with Crippen molar-refractivity contribution in [2.45, 2.75) is 24.9 Å². The number of carbonyl (C=O) groups excluding carboxylic acids is 1. The van der Waals surface area contributed by atoms with Crippen LogP contribution >= 0.6 is 11.3 Å². The number of hydrogen-bond donors (Lipinski definition) is 1. The predicted molar refractivity (Wildman–Crippen MR) is 104 cm³/mol. The van der Waals surface area contributed by atoms with Crippen LogP contribution in [0.2, 0.25) is 0 Å². The number of nitrogens with zero attached hydrogens (tertiary/aromatic N) is 4. The topological polar surface area (TPSA) is 83.9 Å². The number of halogens is 3. The highest BCUT2D eigenvalue weighted by Gasteiger charge is 2.36. The van der Waals surface area contributed by atoms with Crippen molar-refractivity contribution in [3.8, 4) is 11.3 Å². The van der Waals surface area contributed by atoms with Gasteiger partial charge in [0.1, 0.15) is 11.5 Å². The Labute approximate surface area is 173 Å². The fourth-order valence-electron chi connectivity index (χ4n) is 3.55. The summed E-state index contributed by atoms with van der Waals surface area (Å²) in [5, 5.41) is 7.22. The van der Waals surface area contributed by atoms with E-state index in [1.165, 1.54) is 29.4 Å². The molecule has 1 amide bonds. The lowest BCUT2D eigenvalue weighted by Crippen LogP contribution is -2.39. The zero-order valence-corrected chi connectivity index (χ0v) is 16.8. The predicted octanol–water partition coefficient (Wildman–Crippen LogP) is 3.27. The van der Waals surface area contributed by atoms with Gasteiger partial charge in [0.2, 0.25) is 0 Å². The molecule has 4 heterocycles. The largest absolute Gasteiger partial charge is 0.435 e. The van der Waals surface area contributed by atoms with Gasteiger partial charge < -0.3 is 9.88 Å². The van der Waals surface area contributed by atoms with Crippen molar-refractivity contribution in [2.24, 2.45) is 7.05 Å². The summed E-state index contributed by atoms with van der Waals surface area (Å²) in [6, 6.07) is 4.11. The number of amides is 1. The third-order valence-corrected chi connectivity index (χ3v) is 5.82. The van der Waals surface area contributed by atoms with E-state index in [1.807, 2.05) is 16.8 Å². The Hall–Kier alpha value is -2.95. The van der Waals surface area contributed by atoms with Crippen LogP contribution in [0.15, 0.2) is 33.8 Å². The average Bonchev–Trinajstić information content (AvgIpc) is 3.37. The molecule has 3 aromatic rings. The molecule has 1 N–H and O–H groups in total. The number of H-pyrrole nitrogens is 1. The molecule has 1 aliphatic rings. The zero-order valence-electron chi connectivity index (χ0n) is 15.9. The molecular formula is C19H18F3N5O2S. The summed E-state index contributed by atoms with van der Waals surface area (Å²) in [6.07, 6.45) is -3.51. The Morgan fingerprint density at radius 3 is 2.60 bits per heavy atom. The summed E-state index contributed by atoms with van der Waals surface area (Å²) in [5.41, 5.74) is 0.0380. The number of rotatable bonds is 3. The van der Waals surface area contributed by atoms with E-state index in [0.29, 0.717) is 37.4 Å². The van der Waals surface area contributed by atoms with Gasteiger partial charge in [-0.25, -0.2) is 4.98 Å². The lowest BCUT2D eigenvalue weighted by molar-refractivity contribution is -0.141. The summed E-state index contributed by atoms with van der Waals surface area (Å²) in [7, 11) is 1.32. The first-order valence-electron chi connectivity index (χ1n) is 9.26. The second kappa shape index (κ2) is 7.71. The fraction of sp³-hybridized carbons (Fsp3) is 0.368. The Kier molecular flexibility index (Phi) is 5.22. The number of piperidine rings is 1. The molecule has 0 unspecified atom stereocenters. The number of aromatic amines is 1. The van der Waals surface area contributed by atoms with Crippen LogP contribution in [-0.4, -0.2) is 43.6 Å². The van der Waals surface area contributed by atoms with Crippen LogP contribution < -0.4 is 5.56 Å². The molecule has 4 rings (SSSR count). The maximum Gasteiger partial charge on any atom is 0.435 e. The second-order valence-electron chi connectivity index (χ2n) is 7.13. The van der Waals surface area contributed by atoms with Gasteiger partial charge in [0.25, 0.3) is 11.5 Å². The monoisotopic (exact) mass is 437 g/mol. The number of hydrogen-bond acceptors (Lipinski definition) is 5. The van der Waals surface area contributed by atoms with Crippen molar-refractivity contribution in [1.29, 1.82) is 0 Å². The van der Waals surface area contributed by atoms with E-state index in [4.69, 9.17) is 0 Å². The Balaban J connectivity index is 1.48. The van der Waals surface area contributed by atoms with Gasteiger partial charge in [0.05, 0.1) is 5.69 Å². The summed E-state index contributed by atoms with van der Waals surface area (Å²) in [6.45, 7) is 0.699. The number of carbonyl (C=O) groups is 1. The minimum atomic E-state index is -4.60. The highest BCUT2D eigenvalue weighted by atomic mass is 32.1. The molecule has 11 heteroatoms. The molecule has 30 heavy (non-hydrogen) atoms. The van der Waals surface area contributed by atoms with E-state index in [9.17, 15) is 22.8 Å². The Bertz CT molecular complexity index is 1110. The third-order valence-electron chi connectivity index (χ3n) is 5.14. The molecule has 0 bridgehead atoms. The van der Waals surface area contributed by atoms with Crippen molar-refractivity contribution in [3.63, 3.8) is 0 Å². The quantitative estimate of drug-likeness (QED) is 0.682. The van der Waals surface area contributed by atoms with Gasteiger partial charge in [-0.15, -0.1) is 0 Å². The molecule has 1 saturated heterocycles. The van der Waals surface area contributed by atoms with Crippen molar-refractivity contribution in [1.82, 2.24) is 24.6 Å². The van der Waals surface area contributed by atoms with Gasteiger partial charge >= 0.3 is 6.18 Å². The normalized spacial score (nSPS) is 15.5. The maximum atomic E-state index is 12.9. The highest BCUT2D eigenvalue weighted by Crippen LogP contribution is 2.30. The number of aryl methyl sites for hydroxylation is 1. The van der Waals surface area contributed by atoms with Gasteiger partial charge in [-0.1, -0.05) is 0 Å². The molecule has 1 fully saturated rings. The molecule has 0 radical (unpaired) electrons. The lowest BCUT2D eigenvalue weighted by atomic mass is 9.95. The number of alkyl halides is 3. The molecule has 0 atom stereocenters. The molecule has 0 aromatic carbocycles. The van der Waals surface area contributed by atoms with Crippen LogP contribution in [0, 0.1) is 0 Å². The van der Waals surface area contributed by atoms with Gasteiger partial charge in [-0.2, -0.15) is 29.6 Å². The van der Waals surface area contributed by atoms with Crippen molar-refractivity contribution in [2.75, 3.05) is 13.1 Å². The van der Waals surface area contributed by atoms with Crippen LogP contribution in [0.5, 0.6) is 0 Å². The Morgan fingerprint density at radius 2 is 2.00 bits per heavy atom. The number of aromatic nitrogens is 4. The average molecular weight is 437 g/mol. The smallest absolute Gasteiger partial charge is 0.337 e. The van der Waals surface area contributed by atoms with Crippen LogP contribution in [0.4, 0.5) is 13.2 Å². The van der Waals surface area contributed by atoms with Crippen LogP contribution in [-0.2, 0) is 13.2 Å². The first-order chi connectivity index (χ1) is 14.2. The molecule has 0 aliphatic carbocycles. The van der Waals surface area contributed by atoms with E-state index in [0.717, 1.165) is 16.3 Å². The van der Waals surface area contributed by atoms with E-state index < -0.39 is 17.8 Å². The summed E-state index contributed by atoms with van der Waals surface area (Å²) >= 11 is 1.51. The molecule has 3 aromatic heterocycles. The minimum Gasteiger partial charge on any atom is -0.337 e. The van der Waals surface area contributed by atoms with Gasteiger partial charge in [0, 0.05) is 49.1 Å². The molecule has 1 aliphatic heterocycles. The SMILES string of the molecule is Cn1nc(C(F)(F)F)cc1C(=O)N1CCC(c2nc(-c3ccsc3)cc(=O)[nH]2)CC1. The molecule has 0 spiro atoms. The van der Waals surface area contributed by atoms with Crippen LogP contribution in [0.3, 0.4) is 0 Å². The zero-order chi connectivity index (χ0) is 21.5. The molecule has 7 nitrogen and oxygen atoms in total. The number of nitrogens with one attached hydrogen (secondary N) is 1. The van der Waals surface area contributed by atoms with Gasteiger partial charge in [0.15, 0.2) is 5.69 Å². The van der Waals surface area contributed by atoms with E-state index in [1.54, 1.807) is 0 Å². The standard InChI is InChI=1S/C19H18F3N5O2S/c1-26-14(9-15(25-26)19(20,21)22)18(29)27-5-2-11(3-6-27)17-23-13(8-16(28)24-17)12-4-7-30-10-12/h4,7-11H,2-3,5-6H2,1H3,(H,23,24,28).